The SMILES string of the molecule is COc1ccc(OC(F)F)cc1C(=O)C(C)Br. The van der Waals surface area contributed by atoms with Crippen molar-refractivity contribution in [2.24, 2.45) is 0 Å². The van der Waals surface area contributed by atoms with Crippen molar-refractivity contribution < 1.29 is 23.0 Å². The van der Waals surface area contributed by atoms with Crippen molar-refractivity contribution in [2.45, 2.75) is 18.4 Å². The predicted octanol–water partition coefficient (Wildman–Crippen LogP) is 3.26. The van der Waals surface area contributed by atoms with Crippen molar-refractivity contribution in [3.63, 3.8) is 0 Å². The fourth-order valence-electron chi connectivity index (χ4n) is 1.27. The van der Waals surface area contributed by atoms with E-state index >= 15 is 0 Å². The van der Waals surface area contributed by atoms with E-state index in [0.717, 1.165) is 0 Å². The van der Waals surface area contributed by atoms with Crippen LogP contribution in [0.5, 0.6) is 11.5 Å². The first-order chi connectivity index (χ1) is 7.95. The van der Waals surface area contributed by atoms with E-state index in [1.807, 2.05) is 0 Å². The summed E-state index contributed by atoms with van der Waals surface area (Å²) < 4.78 is 33.3. The molecule has 0 aromatic heterocycles. The molecule has 1 aromatic rings. The molecule has 0 amide bonds. The van der Waals surface area contributed by atoms with E-state index in [2.05, 4.69) is 20.7 Å². The molecular formula is C11H11BrF2O3. The van der Waals surface area contributed by atoms with Crippen LogP contribution in [0.1, 0.15) is 17.3 Å². The van der Waals surface area contributed by atoms with Crippen LogP contribution in [0.4, 0.5) is 8.78 Å². The molecule has 0 heterocycles. The van der Waals surface area contributed by atoms with Crippen LogP contribution in [-0.2, 0) is 0 Å². The number of Topliss-reactive ketones (excluding diaryl/α,β-unsaturated/α-hetero) is 1. The second-order valence-corrected chi connectivity index (χ2v) is 4.59. The second-order valence-electron chi connectivity index (χ2n) is 3.22. The monoisotopic (exact) mass is 308 g/mol. The summed E-state index contributed by atoms with van der Waals surface area (Å²) >= 11 is 3.12. The molecule has 6 heteroatoms. The summed E-state index contributed by atoms with van der Waals surface area (Å²) in [5.41, 5.74) is 0.204. The lowest BCUT2D eigenvalue weighted by atomic mass is 10.1. The van der Waals surface area contributed by atoms with Gasteiger partial charge in [0.15, 0.2) is 5.78 Å². The number of carbonyl (C=O) groups excluding carboxylic acids is 1. The molecule has 0 saturated carbocycles. The summed E-state index contributed by atoms with van der Waals surface area (Å²) in [6.45, 7) is -1.28. The highest BCUT2D eigenvalue weighted by molar-refractivity contribution is 9.10. The molecule has 94 valence electrons. The Morgan fingerprint density at radius 3 is 2.53 bits per heavy atom. The number of methoxy groups -OCH3 is 1. The van der Waals surface area contributed by atoms with Crippen LogP contribution < -0.4 is 9.47 Å². The molecule has 0 aliphatic heterocycles. The molecular weight excluding hydrogens is 298 g/mol. The smallest absolute Gasteiger partial charge is 0.387 e. The predicted molar refractivity (Wildman–Crippen MR) is 62.3 cm³/mol. The summed E-state index contributed by atoms with van der Waals surface area (Å²) in [5.74, 6) is -0.0122. The first-order valence-electron chi connectivity index (χ1n) is 4.77. The van der Waals surface area contributed by atoms with Crippen LogP contribution in [0.3, 0.4) is 0 Å². The average molecular weight is 309 g/mol. The minimum absolute atomic E-state index is 0.0719. The highest BCUT2D eigenvalue weighted by Crippen LogP contribution is 2.27. The molecule has 0 aliphatic carbocycles. The Balaban J connectivity index is 3.10. The molecule has 1 atom stereocenters. The number of ether oxygens (including phenoxy) is 2. The topological polar surface area (TPSA) is 35.5 Å². The summed E-state index contributed by atoms with van der Waals surface area (Å²) in [7, 11) is 1.40. The standard InChI is InChI=1S/C11H11BrF2O3/c1-6(12)10(15)8-5-7(17-11(13)14)3-4-9(8)16-2/h3-6,11H,1-2H3. The van der Waals surface area contributed by atoms with Crippen molar-refractivity contribution in [3.8, 4) is 11.5 Å². The molecule has 1 aromatic carbocycles. The number of ketones is 1. The number of carbonyl (C=O) groups is 1. The second kappa shape index (κ2) is 5.95. The highest BCUT2D eigenvalue weighted by Gasteiger charge is 2.18. The van der Waals surface area contributed by atoms with Crippen molar-refractivity contribution >= 4 is 21.7 Å². The third-order valence-electron chi connectivity index (χ3n) is 2.02. The lowest BCUT2D eigenvalue weighted by molar-refractivity contribution is -0.0499. The lowest BCUT2D eigenvalue weighted by Crippen LogP contribution is -2.12. The van der Waals surface area contributed by atoms with E-state index in [1.54, 1.807) is 6.92 Å². The fraction of sp³-hybridized carbons (Fsp3) is 0.364. The first kappa shape index (κ1) is 13.9. The van der Waals surface area contributed by atoms with Gasteiger partial charge in [-0.15, -0.1) is 0 Å². The molecule has 3 nitrogen and oxygen atoms in total. The Bertz CT molecular complexity index is 408. The number of halogens is 3. The summed E-state index contributed by atoms with van der Waals surface area (Å²) in [4.78, 5) is 11.4. The van der Waals surface area contributed by atoms with Crippen LogP contribution in [-0.4, -0.2) is 24.3 Å². The third-order valence-corrected chi connectivity index (χ3v) is 2.44. The molecule has 0 radical (unpaired) electrons. The van der Waals surface area contributed by atoms with Gasteiger partial charge in [0.05, 0.1) is 17.5 Å². The normalized spacial score (nSPS) is 12.4. The molecule has 1 unspecified atom stereocenters. The largest absolute Gasteiger partial charge is 0.496 e. The Kier molecular flexibility index (Phi) is 4.86. The Hall–Kier alpha value is -1.17. The molecule has 0 spiro atoms. The van der Waals surface area contributed by atoms with Gasteiger partial charge in [-0.3, -0.25) is 4.79 Å². The summed E-state index contributed by atoms with van der Waals surface area (Å²) in [6, 6.07) is 3.98. The Labute approximate surface area is 106 Å². The van der Waals surface area contributed by atoms with Gasteiger partial charge in [-0.05, 0) is 25.1 Å². The fourth-order valence-corrected chi connectivity index (χ4v) is 1.52. The van der Waals surface area contributed by atoms with Gasteiger partial charge in [-0.25, -0.2) is 0 Å². The van der Waals surface area contributed by atoms with E-state index in [-0.39, 0.29) is 17.1 Å². The first-order valence-corrected chi connectivity index (χ1v) is 5.68. The van der Waals surface area contributed by atoms with Crippen LogP contribution in [0, 0.1) is 0 Å². The quantitative estimate of drug-likeness (QED) is 0.618. The maximum atomic E-state index is 12.0. The van der Waals surface area contributed by atoms with Crippen molar-refractivity contribution in [3.05, 3.63) is 23.8 Å². The van der Waals surface area contributed by atoms with E-state index in [0.29, 0.717) is 5.75 Å². The van der Waals surface area contributed by atoms with Crippen molar-refractivity contribution in [1.82, 2.24) is 0 Å². The van der Waals surface area contributed by atoms with E-state index in [4.69, 9.17) is 4.74 Å². The molecule has 17 heavy (non-hydrogen) atoms. The summed E-state index contributed by atoms with van der Waals surface area (Å²) in [6.07, 6.45) is 0. The lowest BCUT2D eigenvalue weighted by Gasteiger charge is -2.11. The zero-order valence-corrected chi connectivity index (χ0v) is 10.8. The zero-order valence-electron chi connectivity index (χ0n) is 9.25. The molecule has 0 saturated heterocycles. The van der Waals surface area contributed by atoms with Crippen LogP contribution in [0.2, 0.25) is 0 Å². The van der Waals surface area contributed by atoms with Gasteiger partial charge >= 0.3 is 6.61 Å². The average Bonchev–Trinajstić information content (AvgIpc) is 2.27. The van der Waals surface area contributed by atoms with E-state index < -0.39 is 11.4 Å². The van der Waals surface area contributed by atoms with Gasteiger partial charge in [-0.1, -0.05) is 15.9 Å². The highest BCUT2D eigenvalue weighted by atomic mass is 79.9. The molecule has 0 aliphatic rings. The maximum absolute atomic E-state index is 12.0. The third kappa shape index (κ3) is 3.66. The van der Waals surface area contributed by atoms with E-state index in [9.17, 15) is 13.6 Å². The van der Waals surface area contributed by atoms with Crippen molar-refractivity contribution in [1.29, 1.82) is 0 Å². The number of alkyl halides is 3. The van der Waals surface area contributed by atoms with Crippen LogP contribution in [0.25, 0.3) is 0 Å². The summed E-state index contributed by atoms with van der Waals surface area (Å²) in [5, 5.41) is 0. The van der Waals surface area contributed by atoms with Gasteiger partial charge in [0.2, 0.25) is 0 Å². The van der Waals surface area contributed by atoms with Gasteiger partial charge in [0, 0.05) is 0 Å². The number of rotatable bonds is 5. The Morgan fingerprint density at radius 1 is 1.41 bits per heavy atom. The molecule has 1 rings (SSSR count). The number of benzene rings is 1. The van der Waals surface area contributed by atoms with Gasteiger partial charge in [-0.2, -0.15) is 8.78 Å². The van der Waals surface area contributed by atoms with Crippen LogP contribution >= 0.6 is 15.9 Å². The minimum Gasteiger partial charge on any atom is -0.496 e. The molecule has 0 bridgehead atoms. The van der Waals surface area contributed by atoms with Gasteiger partial charge in [0.1, 0.15) is 11.5 Å². The van der Waals surface area contributed by atoms with Crippen molar-refractivity contribution in [2.75, 3.05) is 7.11 Å². The van der Waals surface area contributed by atoms with E-state index in [1.165, 1.54) is 25.3 Å². The number of hydrogen-bond donors (Lipinski definition) is 0. The zero-order chi connectivity index (χ0) is 13.0. The van der Waals surface area contributed by atoms with Gasteiger partial charge < -0.3 is 9.47 Å². The van der Waals surface area contributed by atoms with Crippen LogP contribution in [0.15, 0.2) is 18.2 Å². The minimum atomic E-state index is -2.92. The van der Waals surface area contributed by atoms with Gasteiger partial charge in [0.25, 0.3) is 0 Å². The maximum Gasteiger partial charge on any atom is 0.387 e. The molecule has 0 N–H and O–H groups in total. The number of hydrogen-bond acceptors (Lipinski definition) is 3. The molecule has 0 fully saturated rings. The Morgan fingerprint density at radius 2 is 2.06 bits per heavy atom.